The second-order valence-electron chi connectivity index (χ2n) is 23.9. The number of unbranched alkanes of at least 4 members (excludes halogenated alkanes) is 39. The molecule has 0 spiro atoms. The summed E-state index contributed by atoms with van der Waals surface area (Å²) >= 11 is 0. The number of nitrogens with one attached hydrogen (secondary N) is 4. The van der Waals surface area contributed by atoms with E-state index in [2.05, 4.69) is 58.8 Å². The molecule has 0 bridgehead atoms. The third-order valence-corrected chi connectivity index (χ3v) is 16.2. The van der Waals surface area contributed by atoms with Gasteiger partial charge in [0, 0.05) is 91.0 Å². The van der Waals surface area contributed by atoms with Gasteiger partial charge in [-0.1, -0.05) is 272 Å². The van der Waals surface area contributed by atoms with Crippen LogP contribution >= 0.6 is 0 Å². The summed E-state index contributed by atoms with van der Waals surface area (Å²) in [4.78, 5) is 56.4. The van der Waals surface area contributed by atoms with Gasteiger partial charge in [-0.05, 0) is 51.6 Å². The van der Waals surface area contributed by atoms with Crippen molar-refractivity contribution in [2.75, 3.05) is 72.0 Å². The Balaban J connectivity index is 4.88. The fourth-order valence-electron chi connectivity index (χ4n) is 10.8. The summed E-state index contributed by atoms with van der Waals surface area (Å²) in [6.07, 6.45) is 58.7. The van der Waals surface area contributed by atoms with Gasteiger partial charge in [-0.2, -0.15) is 0 Å². The van der Waals surface area contributed by atoms with E-state index in [-0.39, 0.29) is 17.7 Å². The van der Waals surface area contributed by atoms with Crippen LogP contribution in [0.15, 0.2) is 0 Å². The van der Waals surface area contributed by atoms with Crippen LogP contribution in [0.25, 0.3) is 0 Å². The molecule has 462 valence electrons. The smallest absolute Gasteiger partial charge is 0.221 e. The molecule has 4 N–H and O–H groups in total. The Hall–Kier alpha value is -2.04. The van der Waals surface area contributed by atoms with Gasteiger partial charge in [-0.3, -0.25) is 19.2 Å². The molecule has 78 heavy (non-hydrogen) atoms. The number of rotatable bonds is 66. The highest BCUT2D eigenvalue weighted by Crippen LogP contribution is 2.15. The van der Waals surface area contributed by atoms with Gasteiger partial charge in [-0.15, -0.1) is 0 Å². The first kappa shape index (κ1) is 76.0. The van der Waals surface area contributed by atoms with E-state index in [1.54, 1.807) is 0 Å². The minimum absolute atomic E-state index is 0.123. The number of hydrogen-bond acceptors (Lipinski definition) is 7. The van der Waals surface area contributed by atoms with Gasteiger partial charge in [-0.25, -0.2) is 0 Å². The number of nitrogens with zero attached hydrogens (tertiary/aromatic N) is 2. The molecular weight excluding hydrogens is 965 g/mol. The van der Waals surface area contributed by atoms with Crippen molar-refractivity contribution in [3.8, 4) is 0 Å². The number of carbonyl (C=O) groups is 4. The molecule has 0 saturated heterocycles. The lowest BCUT2D eigenvalue weighted by molar-refractivity contribution is -0.122. The van der Waals surface area contributed by atoms with Gasteiger partial charge < -0.3 is 31.1 Å². The molecule has 10 heteroatoms. The fraction of sp³-hybridized carbons (Fsp3) is 0.941. The molecule has 0 heterocycles. The Morgan fingerprint density at radius 1 is 0.231 bits per heavy atom. The lowest BCUT2D eigenvalue weighted by Crippen LogP contribution is -2.37. The van der Waals surface area contributed by atoms with Crippen LogP contribution in [0.4, 0.5) is 0 Å². The third-order valence-electron chi connectivity index (χ3n) is 16.2. The predicted molar refractivity (Wildman–Crippen MR) is 339 cm³/mol. The van der Waals surface area contributed by atoms with Crippen molar-refractivity contribution in [2.45, 2.75) is 342 Å². The number of amides is 3. The van der Waals surface area contributed by atoms with E-state index >= 15 is 0 Å². The summed E-state index contributed by atoms with van der Waals surface area (Å²) in [6, 6.07) is 0. The average molecular weight is 1100 g/mol. The van der Waals surface area contributed by atoms with E-state index in [1.165, 1.54) is 231 Å². The van der Waals surface area contributed by atoms with E-state index in [9.17, 15) is 19.2 Å². The molecule has 0 aliphatic rings. The molecule has 10 nitrogen and oxygen atoms in total. The number of Topliss-reactive ketones (excluding diaryl/α,β-unsaturated/α-hetero) is 1. The van der Waals surface area contributed by atoms with Crippen LogP contribution in [0.5, 0.6) is 0 Å². The maximum atomic E-state index is 13.0. The highest BCUT2D eigenvalue weighted by atomic mass is 16.2. The van der Waals surface area contributed by atoms with Crippen molar-refractivity contribution in [2.24, 2.45) is 0 Å². The Kier molecular flexibility index (Phi) is 62.5. The molecule has 0 saturated carbocycles. The molecule has 3 amide bonds. The minimum atomic E-state index is 0.123. The molecule has 0 atom stereocenters. The van der Waals surface area contributed by atoms with Crippen molar-refractivity contribution < 1.29 is 19.2 Å². The zero-order valence-electron chi connectivity index (χ0n) is 53.0. The first-order valence-electron chi connectivity index (χ1n) is 34.8. The molecular formula is C68H136N6O4. The molecule has 0 radical (unpaired) electrons. The van der Waals surface area contributed by atoms with E-state index < -0.39 is 0 Å². The second kappa shape index (κ2) is 64.1. The zero-order valence-corrected chi connectivity index (χ0v) is 53.0. The first-order chi connectivity index (χ1) is 38.4. The maximum Gasteiger partial charge on any atom is 0.221 e. The lowest BCUT2D eigenvalue weighted by Gasteiger charge is -2.23. The second-order valence-corrected chi connectivity index (χ2v) is 23.9. The summed E-state index contributed by atoms with van der Waals surface area (Å²) < 4.78 is 0. The monoisotopic (exact) mass is 1100 g/mol. The van der Waals surface area contributed by atoms with Gasteiger partial charge >= 0.3 is 0 Å². The SMILES string of the molecule is CCCCCCCCCCCCCC(=O)CCN(CCNCCCCCN(CCC(=O)NCCCCCCCCCCCC)CCC(=O)NCCCCCCCCCCCC)CCC(=O)NCCCCCCCCCCCC. The Bertz CT molecular complexity index is 1090. The molecule has 0 rings (SSSR count). The van der Waals surface area contributed by atoms with Crippen LogP contribution in [0, 0.1) is 0 Å². The van der Waals surface area contributed by atoms with Crippen molar-refractivity contribution in [1.29, 1.82) is 0 Å². The van der Waals surface area contributed by atoms with E-state index in [4.69, 9.17) is 0 Å². The lowest BCUT2D eigenvalue weighted by atomic mass is 10.0. The van der Waals surface area contributed by atoms with Gasteiger partial charge in [0.05, 0.1) is 0 Å². The van der Waals surface area contributed by atoms with E-state index in [0.717, 1.165) is 104 Å². The molecule has 0 aromatic heterocycles. The van der Waals surface area contributed by atoms with Gasteiger partial charge in [0.2, 0.25) is 17.7 Å². The molecule has 0 aromatic rings. The molecule has 0 aromatic carbocycles. The summed E-state index contributed by atoms with van der Waals surface area (Å²) in [6.45, 7) is 17.6. The summed E-state index contributed by atoms with van der Waals surface area (Å²) in [5, 5.41) is 13.2. The highest BCUT2D eigenvalue weighted by Gasteiger charge is 2.13. The van der Waals surface area contributed by atoms with Crippen LogP contribution < -0.4 is 21.3 Å². The van der Waals surface area contributed by atoms with Gasteiger partial charge in [0.1, 0.15) is 5.78 Å². The standard InChI is InChI=1S/C68H136N6O4/c1-5-9-13-17-21-25-29-30-34-38-43-49-65(75)50-60-74(63-53-68(78)72-57-47-41-37-33-28-24-20-16-12-8-4)64-58-69-54-44-42-48-59-73(61-51-66(76)70-55-45-39-35-31-26-22-18-14-10-6-2)62-52-67(77)71-56-46-40-36-32-27-23-19-15-11-7-3/h69H,5-64H2,1-4H3,(H,70,76)(H,71,77)(H,72,78). The highest BCUT2D eigenvalue weighted by molar-refractivity contribution is 5.78. The van der Waals surface area contributed by atoms with E-state index in [1.807, 2.05) is 0 Å². The Labute approximate surface area is 486 Å². The number of hydrogen-bond donors (Lipinski definition) is 4. The van der Waals surface area contributed by atoms with Crippen LogP contribution in [0.2, 0.25) is 0 Å². The third kappa shape index (κ3) is 60.1. The van der Waals surface area contributed by atoms with Gasteiger partial charge in [0.15, 0.2) is 0 Å². The van der Waals surface area contributed by atoms with Gasteiger partial charge in [0.25, 0.3) is 0 Å². The largest absolute Gasteiger partial charge is 0.356 e. The van der Waals surface area contributed by atoms with Crippen molar-refractivity contribution in [3.05, 3.63) is 0 Å². The fourth-order valence-corrected chi connectivity index (χ4v) is 10.8. The quantitative estimate of drug-likeness (QED) is 0.0448. The van der Waals surface area contributed by atoms with E-state index in [0.29, 0.717) is 57.5 Å². The topological polar surface area (TPSA) is 123 Å². The molecule has 0 aliphatic heterocycles. The average Bonchev–Trinajstić information content (AvgIpc) is 3.44. The normalized spacial score (nSPS) is 11.6. The van der Waals surface area contributed by atoms with Crippen molar-refractivity contribution >= 4 is 23.5 Å². The number of ketones is 1. The number of carbonyl (C=O) groups excluding carboxylic acids is 4. The Morgan fingerprint density at radius 2 is 0.487 bits per heavy atom. The van der Waals surface area contributed by atoms with Crippen LogP contribution in [-0.4, -0.2) is 105 Å². The molecule has 0 unspecified atom stereocenters. The predicted octanol–water partition coefficient (Wildman–Crippen LogP) is 17.3. The summed E-state index contributed by atoms with van der Waals surface area (Å²) in [5.74, 6) is 0.731. The van der Waals surface area contributed by atoms with Crippen molar-refractivity contribution in [3.63, 3.8) is 0 Å². The van der Waals surface area contributed by atoms with Crippen LogP contribution in [0.3, 0.4) is 0 Å². The maximum absolute atomic E-state index is 13.0. The van der Waals surface area contributed by atoms with Crippen LogP contribution in [-0.2, 0) is 19.2 Å². The summed E-state index contributed by atoms with van der Waals surface area (Å²) in [7, 11) is 0. The molecule has 0 fully saturated rings. The van der Waals surface area contributed by atoms with Crippen LogP contribution in [0.1, 0.15) is 342 Å². The minimum Gasteiger partial charge on any atom is -0.356 e. The van der Waals surface area contributed by atoms with Crippen molar-refractivity contribution in [1.82, 2.24) is 31.1 Å². The zero-order chi connectivity index (χ0) is 56.7. The summed E-state index contributed by atoms with van der Waals surface area (Å²) in [5.41, 5.74) is 0. The first-order valence-corrected chi connectivity index (χ1v) is 34.8. The Morgan fingerprint density at radius 3 is 0.821 bits per heavy atom. The molecule has 0 aliphatic carbocycles.